The third-order valence-corrected chi connectivity index (χ3v) is 4.54. The Morgan fingerprint density at radius 2 is 2.04 bits per heavy atom. The summed E-state index contributed by atoms with van der Waals surface area (Å²) in [7, 11) is 0. The van der Waals surface area contributed by atoms with Gasteiger partial charge in [0.05, 0.1) is 11.2 Å². The molecule has 0 unspecified atom stereocenters. The molecule has 0 radical (unpaired) electrons. The molecule has 0 atom stereocenters. The van der Waals surface area contributed by atoms with Gasteiger partial charge in [-0.15, -0.1) is 0 Å². The molecule has 1 aromatic rings. The average molecular weight is 331 g/mol. The van der Waals surface area contributed by atoms with Crippen LogP contribution in [-0.4, -0.2) is 33.8 Å². The summed E-state index contributed by atoms with van der Waals surface area (Å²) in [5, 5.41) is 19.0. The van der Waals surface area contributed by atoms with Crippen molar-refractivity contribution in [1.82, 2.24) is 4.90 Å². The number of nitriles is 1. The number of ether oxygens (including phenoxy) is 1. The molecule has 1 aromatic carbocycles. The Balaban J connectivity index is 2.31. The highest BCUT2D eigenvalue weighted by Crippen LogP contribution is 2.40. The molecule has 1 aliphatic rings. The van der Waals surface area contributed by atoms with E-state index in [9.17, 15) is 15.2 Å². The molecular formula is C18H25N3O3. The first-order valence-electron chi connectivity index (χ1n) is 8.16. The monoisotopic (exact) mass is 331 g/mol. The van der Waals surface area contributed by atoms with E-state index >= 15 is 0 Å². The number of nitrogens with two attached hydrogens (primary N) is 1. The maximum Gasteiger partial charge on any atom is 0.408 e. The normalized spacial score (nSPS) is 16.4. The van der Waals surface area contributed by atoms with Gasteiger partial charge in [-0.05, 0) is 45.7 Å². The number of nitrogen functional groups attached to an aromatic ring is 1. The summed E-state index contributed by atoms with van der Waals surface area (Å²) in [5.41, 5.74) is 5.36. The van der Waals surface area contributed by atoms with Crippen molar-refractivity contribution in [3.05, 3.63) is 23.8 Å². The molecule has 2 rings (SSSR count). The van der Waals surface area contributed by atoms with Gasteiger partial charge in [0.1, 0.15) is 24.0 Å². The molecule has 1 saturated carbocycles. The Kier molecular flexibility index (Phi) is 4.93. The lowest BCUT2D eigenvalue weighted by Crippen LogP contribution is -2.60. The lowest BCUT2D eigenvalue weighted by atomic mass is 9.90. The molecule has 0 aliphatic heterocycles. The topological polar surface area (TPSA) is 99.6 Å². The number of nitrogens with zero attached hydrogens (tertiary/aromatic N) is 2. The maximum absolute atomic E-state index is 11.9. The minimum absolute atomic E-state index is 0.217. The zero-order chi connectivity index (χ0) is 18.0. The standard InChI is InChI=1S/C18H25N3O3/c1-17(2,3)21(16(22)23)18(9-4-5-10-18)12-24-15-8-6-7-14(20)13(15)11-19/h6-8H,4-5,9-10,12,20H2,1-3H3,(H,22,23). The molecule has 6 heteroatoms. The van der Waals surface area contributed by atoms with E-state index in [0.717, 1.165) is 25.7 Å². The molecule has 1 aliphatic carbocycles. The van der Waals surface area contributed by atoms with Gasteiger partial charge in [-0.3, -0.25) is 4.90 Å². The fourth-order valence-electron chi connectivity index (χ4n) is 3.67. The van der Waals surface area contributed by atoms with Gasteiger partial charge in [-0.25, -0.2) is 4.79 Å². The first-order chi connectivity index (χ1) is 11.2. The molecule has 0 bridgehead atoms. The van der Waals surface area contributed by atoms with Crippen LogP contribution in [-0.2, 0) is 0 Å². The first kappa shape index (κ1) is 17.9. The van der Waals surface area contributed by atoms with E-state index in [1.165, 1.54) is 4.90 Å². The van der Waals surface area contributed by atoms with Crippen molar-refractivity contribution < 1.29 is 14.6 Å². The summed E-state index contributed by atoms with van der Waals surface area (Å²) >= 11 is 0. The highest BCUT2D eigenvalue weighted by atomic mass is 16.5. The van der Waals surface area contributed by atoms with Crippen molar-refractivity contribution in [1.29, 1.82) is 5.26 Å². The lowest BCUT2D eigenvalue weighted by molar-refractivity contribution is -0.00688. The summed E-state index contributed by atoms with van der Waals surface area (Å²) in [6.45, 7) is 5.89. The number of carboxylic acid groups (broad SMARTS) is 1. The van der Waals surface area contributed by atoms with Crippen molar-refractivity contribution in [3.8, 4) is 11.8 Å². The fourth-order valence-corrected chi connectivity index (χ4v) is 3.67. The van der Waals surface area contributed by atoms with Gasteiger partial charge >= 0.3 is 6.09 Å². The second-order valence-corrected chi connectivity index (χ2v) is 7.34. The zero-order valence-electron chi connectivity index (χ0n) is 14.5. The molecule has 24 heavy (non-hydrogen) atoms. The molecule has 3 N–H and O–H groups in total. The number of hydrogen-bond donors (Lipinski definition) is 2. The van der Waals surface area contributed by atoms with Crippen LogP contribution in [0.5, 0.6) is 5.75 Å². The van der Waals surface area contributed by atoms with Crippen LogP contribution >= 0.6 is 0 Å². The molecule has 6 nitrogen and oxygen atoms in total. The largest absolute Gasteiger partial charge is 0.490 e. The number of anilines is 1. The van der Waals surface area contributed by atoms with Crippen molar-refractivity contribution >= 4 is 11.8 Å². The highest BCUT2D eigenvalue weighted by molar-refractivity contribution is 5.67. The van der Waals surface area contributed by atoms with Gasteiger partial charge in [-0.1, -0.05) is 18.9 Å². The van der Waals surface area contributed by atoms with Crippen LogP contribution in [0.25, 0.3) is 0 Å². The van der Waals surface area contributed by atoms with Crippen LogP contribution in [0.1, 0.15) is 52.0 Å². The minimum Gasteiger partial charge on any atom is -0.490 e. The van der Waals surface area contributed by atoms with Crippen LogP contribution in [0.2, 0.25) is 0 Å². The molecule has 0 spiro atoms. The molecule has 0 aromatic heterocycles. The molecule has 0 heterocycles. The third-order valence-electron chi connectivity index (χ3n) is 4.54. The summed E-state index contributed by atoms with van der Waals surface area (Å²) in [4.78, 5) is 13.4. The summed E-state index contributed by atoms with van der Waals surface area (Å²) < 4.78 is 5.91. The van der Waals surface area contributed by atoms with Gasteiger partial charge in [0.15, 0.2) is 0 Å². The molecular weight excluding hydrogens is 306 g/mol. The predicted octanol–water partition coefficient (Wildman–Crippen LogP) is 3.61. The van der Waals surface area contributed by atoms with Gasteiger partial charge in [0.2, 0.25) is 0 Å². The summed E-state index contributed by atoms with van der Waals surface area (Å²) in [5.74, 6) is 0.406. The van der Waals surface area contributed by atoms with E-state index in [4.69, 9.17) is 10.5 Å². The smallest absolute Gasteiger partial charge is 0.408 e. The summed E-state index contributed by atoms with van der Waals surface area (Å²) in [6.07, 6.45) is 2.49. The number of hydrogen-bond acceptors (Lipinski definition) is 4. The number of amides is 1. The van der Waals surface area contributed by atoms with Gasteiger partial charge in [0.25, 0.3) is 0 Å². The fraction of sp³-hybridized carbons (Fsp3) is 0.556. The van der Waals surface area contributed by atoms with Crippen LogP contribution in [0.3, 0.4) is 0 Å². The zero-order valence-corrected chi connectivity index (χ0v) is 14.5. The van der Waals surface area contributed by atoms with Crippen molar-refractivity contribution in [3.63, 3.8) is 0 Å². The second-order valence-electron chi connectivity index (χ2n) is 7.34. The quantitative estimate of drug-likeness (QED) is 0.821. The first-order valence-corrected chi connectivity index (χ1v) is 8.16. The van der Waals surface area contributed by atoms with Gasteiger partial charge < -0.3 is 15.6 Å². The van der Waals surface area contributed by atoms with Crippen molar-refractivity contribution in [2.24, 2.45) is 0 Å². The minimum atomic E-state index is -0.943. The van der Waals surface area contributed by atoms with Gasteiger partial charge in [0, 0.05) is 5.54 Å². The number of carbonyl (C=O) groups is 1. The van der Waals surface area contributed by atoms with Crippen LogP contribution in [0, 0.1) is 11.3 Å². The van der Waals surface area contributed by atoms with E-state index in [2.05, 4.69) is 6.07 Å². The third kappa shape index (κ3) is 3.40. The van der Waals surface area contributed by atoms with Crippen LogP contribution < -0.4 is 10.5 Å². The molecule has 1 fully saturated rings. The molecule has 1 amide bonds. The van der Waals surface area contributed by atoms with Crippen LogP contribution in [0.15, 0.2) is 18.2 Å². The Hall–Kier alpha value is -2.42. The number of benzene rings is 1. The highest BCUT2D eigenvalue weighted by Gasteiger charge is 2.48. The van der Waals surface area contributed by atoms with Crippen LogP contribution in [0.4, 0.5) is 10.5 Å². The Morgan fingerprint density at radius 1 is 1.42 bits per heavy atom. The lowest BCUT2D eigenvalue weighted by Gasteiger charge is -2.47. The molecule has 130 valence electrons. The molecule has 0 saturated heterocycles. The maximum atomic E-state index is 11.9. The predicted molar refractivity (Wildman–Crippen MR) is 91.9 cm³/mol. The summed E-state index contributed by atoms with van der Waals surface area (Å²) in [6, 6.07) is 7.12. The van der Waals surface area contributed by atoms with E-state index in [-0.39, 0.29) is 6.61 Å². The van der Waals surface area contributed by atoms with E-state index in [1.807, 2.05) is 20.8 Å². The van der Waals surface area contributed by atoms with Gasteiger partial charge in [-0.2, -0.15) is 5.26 Å². The average Bonchev–Trinajstić information content (AvgIpc) is 2.92. The van der Waals surface area contributed by atoms with E-state index < -0.39 is 17.2 Å². The Labute approximate surface area is 142 Å². The van der Waals surface area contributed by atoms with E-state index in [1.54, 1.807) is 18.2 Å². The van der Waals surface area contributed by atoms with E-state index in [0.29, 0.717) is 17.0 Å². The van der Waals surface area contributed by atoms with Crippen molar-refractivity contribution in [2.45, 2.75) is 57.5 Å². The Morgan fingerprint density at radius 3 is 2.54 bits per heavy atom. The SMILES string of the molecule is CC(C)(C)N(C(=O)O)C1(COc2cccc(N)c2C#N)CCCC1. The number of rotatable bonds is 4. The Bertz CT molecular complexity index is 652. The van der Waals surface area contributed by atoms with Crippen molar-refractivity contribution in [2.75, 3.05) is 12.3 Å². The second kappa shape index (κ2) is 6.60.